The topological polar surface area (TPSA) is 170 Å². The summed E-state index contributed by atoms with van der Waals surface area (Å²) in [5, 5.41) is 2.68. The zero-order chi connectivity index (χ0) is 20.1. The molecule has 2 aromatic rings. The molecule has 0 spiro atoms. The Balaban J connectivity index is 1.64. The van der Waals surface area contributed by atoms with Crippen LogP contribution in [0.2, 0.25) is 0 Å². The van der Waals surface area contributed by atoms with Gasteiger partial charge in [0.15, 0.2) is 0 Å². The number of amides is 2. The summed E-state index contributed by atoms with van der Waals surface area (Å²) in [6.07, 6.45) is 5.61. The molecule has 150 valence electrons. The Bertz CT molecular complexity index is 905. The van der Waals surface area contributed by atoms with Gasteiger partial charge in [-0.05, 0) is 19.3 Å². The molecule has 28 heavy (non-hydrogen) atoms. The summed E-state index contributed by atoms with van der Waals surface area (Å²) in [5.41, 5.74) is 5.81. The van der Waals surface area contributed by atoms with Gasteiger partial charge in [-0.25, -0.2) is 9.78 Å². The van der Waals surface area contributed by atoms with Crippen molar-refractivity contribution in [3.63, 3.8) is 0 Å². The first-order valence-electron chi connectivity index (χ1n) is 9.08. The molecule has 6 N–H and O–H groups in total. The summed E-state index contributed by atoms with van der Waals surface area (Å²) >= 11 is 0. The van der Waals surface area contributed by atoms with Crippen LogP contribution in [0.15, 0.2) is 28.2 Å². The fraction of sp³-hybridized carbons (Fsp3) is 0.471. The number of imidazole rings is 1. The molecular formula is C17H23N7O4. The average Bonchev–Trinajstić information content (AvgIpc) is 3.17. The Labute approximate surface area is 159 Å². The molecular weight excluding hydrogens is 366 g/mol. The highest BCUT2D eigenvalue weighted by molar-refractivity contribution is 5.90. The predicted molar refractivity (Wildman–Crippen MR) is 99.1 cm³/mol. The third kappa shape index (κ3) is 4.74. The molecule has 0 unspecified atom stereocenters. The van der Waals surface area contributed by atoms with Crippen LogP contribution >= 0.6 is 0 Å². The van der Waals surface area contributed by atoms with Crippen LogP contribution in [-0.4, -0.2) is 55.3 Å². The van der Waals surface area contributed by atoms with Crippen LogP contribution in [0.1, 0.15) is 30.7 Å². The number of carbonyl (C=O) groups is 2. The summed E-state index contributed by atoms with van der Waals surface area (Å²) in [6.45, 7) is 0.433. The number of carbonyl (C=O) groups excluding carboxylic acids is 2. The maximum Gasteiger partial charge on any atom is 0.325 e. The minimum Gasteiger partial charge on any atom is -0.351 e. The molecule has 2 amide bonds. The highest BCUT2D eigenvalue weighted by atomic mass is 16.2. The zero-order valence-corrected chi connectivity index (χ0v) is 15.2. The third-order valence-corrected chi connectivity index (χ3v) is 4.66. The first-order valence-corrected chi connectivity index (χ1v) is 9.08. The van der Waals surface area contributed by atoms with Gasteiger partial charge in [-0.3, -0.25) is 19.4 Å². The lowest BCUT2D eigenvalue weighted by atomic mass is 9.99. The molecule has 2 atom stereocenters. The fourth-order valence-corrected chi connectivity index (χ4v) is 3.31. The number of likely N-dealkylation sites (tertiary alicyclic amines) is 1. The normalized spacial score (nSPS) is 17.9. The Morgan fingerprint density at radius 3 is 2.86 bits per heavy atom. The van der Waals surface area contributed by atoms with E-state index >= 15 is 0 Å². The minimum atomic E-state index is -0.791. The number of aromatic nitrogens is 4. The standard InChI is InChI=1S/C17H23N7O4/c18-12(5-10-7-19-9-21-10)16(27)24-4-2-1-3-13(24)15(26)20-8-11-6-14(25)23-17(28)22-11/h6-7,9,12-13H,1-5,8,18H2,(H,19,21)(H,20,26)(H2,22,23,25,28)/t12-,13-/m0/s1. The van der Waals surface area contributed by atoms with E-state index in [4.69, 9.17) is 5.73 Å². The Morgan fingerprint density at radius 2 is 2.14 bits per heavy atom. The van der Waals surface area contributed by atoms with Crippen molar-refractivity contribution < 1.29 is 9.59 Å². The van der Waals surface area contributed by atoms with Crippen molar-refractivity contribution in [1.29, 1.82) is 0 Å². The summed E-state index contributed by atoms with van der Waals surface area (Å²) in [6, 6.07) is -0.230. The predicted octanol–water partition coefficient (Wildman–Crippen LogP) is -1.65. The van der Waals surface area contributed by atoms with Gasteiger partial charge in [-0.2, -0.15) is 0 Å². The largest absolute Gasteiger partial charge is 0.351 e. The van der Waals surface area contributed by atoms with Crippen molar-refractivity contribution in [2.45, 2.75) is 44.3 Å². The first kappa shape index (κ1) is 19.5. The number of hydrogen-bond donors (Lipinski definition) is 5. The van der Waals surface area contributed by atoms with E-state index in [-0.39, 0.29) is 30.5 Å². The lowest BCUT2D eigenvalue weighted by Crippen LogP contribution is -2.56. The number of H-pyrrole nitrogens is 3. The summed E-state index contributed by atoms with van der Waals surface area (Å²) in [7, 11) is 0. The molecule has 0 aromatic carbocycles. The van der Waals surface area contributed by atoms with Gasteiger partial charge in [0, 0.05) is 30.9 Å². The van der Waals surface area contributed by atoms with E-state index in [0.717, 1.165) is 12.8 Å². The van der Waals surface area contributed by atoms with Crippen LogP contribution in [0.25, 0.3) is 0 Å². The Morgan fingerprint density at radius 1 is 1.32 bits per heavy atom. The van der Waals surface area contributed by atoms with Crippen LogP contribution in [-0.2, 0) is 22.6 Å². The first-order chi connectivity index (χ1) is 13.4. The molecule has 1 saturated heterocycles. The van der Waals surface area contributed by atoms with E-state index in [1.807, 2.05) is 0 Å². The van der Waals surface area contributed by atoms with Crippen molar-refractivity contribution in [3.8, 4) is 0 Å². The Kier molecular flexibility index (Phi) is 6.04. The molecule has 11 nitrogen and oxygen atoms in total. The maximum atomic E-state index is 12.8. The SMILES string of the molecule is N[C@@H](Cc1c[nH]cn1)C(=O)N1CCCC[C@H]1C(=O)NCc1cc(=O)[nH]c(=O)[nH]1. The van der Waals surface area contributed by atoms with Crippen molar-refractivity contribution in [2.24, 2.45) is 5.73 Å². The van der Waals surface area contributed by atoms with Gasteiger partial charge in [0.1, 0.15) is 6.04 Å². The number of aromatic amines is 3. The molecule has 0 aliphatic carbocycles. The van der Waals surface area contributed by atoms with Crippen molar-refractivity contribution in [1.82, 2.24) is 30.2 Å². The van der Waals surface area contributed by atoms with E-state index < -0.39 is 23.3 Å². The van der Waals surface area contributed by atoms with E-state index in [0.29, 0.717) is 18.7 Å². The molecule has 3 heterocycles. The van der Waals surface area contributed by atoms with E-state index in [2.05, 4.69) is 25.3 Å². The lowest BCUT2D eigenvalue weighted by Gasteiger charge is -2.36. The Hall–Kier alpha value is -3.21. The maximum absolute atomic E-state index is 12.8. The van der Waals surface area contributed by atoms with Gasteiger partial charge >= 0.3 is 5.69 Å². The molecule has 0 saturated carbocycles. The zero-order valence-electron chi connectivity index (χ0n) is 15.2. The lowest BCUT2D eigenvalue weighted by molar-refractivity contribution is -0.143. The smallest absolute Gasteiger partial charge is 0.325 e. The molecule has 0 bridgehead atoms. The van der Waals surface area contributed by atoms with Crippen LogP contribution in [0.3, 0.4) is 0 Å². The van der Waals surface area contributed by atoms with Crippen LogP contribution in [0.5, 0.6) is 0 Å². The van der Waals surface area contributed by atoms with Gasteiger partial charge in [0.05, 0.1) is 24.6 Å². The molecule has 11 heteroatoms. The van der Waals surface area contributed by atoms with Gasteiger partial charge in [0.2, 0.25) is 11.8 Å². The average molecular weight is 389 g/mol. The van der Waals surface area contributed by atoms with Crippen LogP contribution < -0.4 is 22.3 Å². The number of piperidine rings is 1. The fourth-order valence-electron chi connectivity index (χ4n) is 3.31. The molecule has 1 aliphatic rings. The second kappa shape index (κ2) is 8.65. The van der Waals surface area contributed by atoms with Crippen LogP contribution in [0.4, 0.5) is 0 Å². The van der Waals surface area contributed by atoms with Crippen molar-refractivity contribution in [3.05, 3.63) is 50.8 Å². The second-order valence-corrected chi connectivity index (χ2v) is 6.75. The van der Waals surface area contributed by atoms with Gasteiger partial charge in [-0.15, -0.1) is 0 Å². The molecule has 1 fully saturated rings. The number of nitrogens with zero attached hydrogens (tertiary/aromatic N) is 2. The number of rotatable bonds is 6. The van der Waals surface area contributed by atoms with Crippen molar-refractivity contribution in [2.75, 3.05) is 6.54 Å². The number of nitrogens with two attached hydrogens (primary N) is 1. The molecule has 3 rings (SSSR count). The van der Waals surface area contributed by atoms with Gasteiger partial charge in [0.25, 0.3) is 5.56 Å². The summed E-state index contributed by atoms with van der Waals surface area (Å²) in [5.74, 6) is -0.645. The third-order valence-electron chi connectivity index (χ3n) is 4.66. The number of nitrogens with one attached hydrogen (secondary N) is 4. The number of hydrogen-bond acceptors (Lipinski definition) is 6. The molecule has 2 aromatic heterocycles. The van der Waals surface area contributed by atoms with E-state index in [9.17, 15) is 19.2 Å². The van der Waals surface area contributed by atoms with E-state index in [1.54, 1.807) is 6.20 Å². The highest BCUT2D eigenvalue weighted by Crippen LogP contribution is 2.19. The molecule has 1 aliphatic heterocycles. The monoisotopic (exact) mass is 389 g/mol. The summed E-state index contributed by atoms with van der Waals surface area (Å²) in [4.78, 5) is 61.0. The van der Waals surface area contributed by atoms with Crippen LogP contribution in [0, 0.1) is 0 Å². The van der Waals surface area contributed by atoms with Gasteiger partial charge < -0.3 is 25.9 Å². The summed E-state index contributed by atoms with van der Waals surface area (Å²) < 4.78 is 0. The van der Waals surface area contributed by atoms with Gasteiger partial charge in [-0.1, -0.05) is 0 Å². The minimum absolute atomic E-state index is 0.0180. The van der Waals surface area contributed by atoms with Crippen molar-refractivity contribution >= 4 is 11.8 Å². The highest BCUT2D eigenvalue weighted by Gasteiger charge is 2.34. The quantitative estimate of drug-likeness (QED) is 0.396. The second-order valence-electron chi connectivity index (χ2n) is 6.75. The molecule has 0 radical (unpaired) electrons. The van der Waals surface area contributed by atoms with E-state index in [1.165, 1.54) is 17.3 Å².